The van der Waals surface area contributed by atoms with Crippen LogP contribution < -0.4 is 0 Å². The Morgan fingerprint density at radius 2 is 1.85 bits per heavy atom. The minimum atomic E-state index is -1.54. The van der Waals surface area contributed by atoms with E-state index in [1.165, 1.54) is 0 Å². The van der Waals surface area contributed by atoms with Crippen molar-refractivity contribution in [2.75, 3.05) is 13.2 Å². The first-order valence-electron chi connectivity index (χ1n) is 3.98. The Balaban J connectivity index is 3.78. The highest BCUT2D eigenvalue weighted by Crippen LogP contribution is 1.96. The number of rotatable bonds is 5. The topological polar surface area (TPSA) is 72.8 Å². The van der Waals surface area contributed by atoms with E-state index >= 15 is 0 Å². The smallest absolute Gasteiger partial charge is 0.335 e. The van der Waals surface area contributed by atoms with Gasteiger partial charge in [-0.2, -0.15) is 0 Å². The second kappa shape index (κ2) is 6.42. The van der Waals surface area contributed by atoms with E-state index < -0.39 is 18.0 Å². The standard InChI is InChI=1S/C8H13O5/c1-3-12-7(10)5-6(9)8(11)13-4-2/h5-6,9H,3-4H2,1-2H3. The summed E-state index contributed by atoms with van der Waals surface area (Å²) in [6.45, 7) is 3.59. The zero-order valence-corrected chi connectivity index (χ0v) is 7.65. The van der Waals surface area contributed by atoms with Crippen molar-refractivity contribution < 1.29 is 24.2 Å². The van der Waals surface area contributed by atoms with Gasteiger partial charge in [0.05, 0.1) is 13.2 Å². The summed E-state index contributed by atoms with van der Waals surface area (Å²) in [7, 11) is 0. The van der Waals surface area contributed by atoms with E-state index in [-0.39, 0.29) is 13.2 Å². The SMILES string of the molecule is CCOC(=O)[CH]C(O)C(=O)OCC. The fourth-order valence-corrected chi connectivity index (χ4v) is 0.615. The zero-order chi connectivity index (χ0) is 10.3. The number of carbonyl (C=O) groups is 2. The predicted molar refractivity (Wildman–Crippen MR) is 43.6 cm³/mol. The average molecular weight is 189 g/mol. The van der Waals surface area contributed by atoms with Gasteiger partial charge < -0.3 is 14.6 Å². The fourth-order valence-electron chi connectivity index (χ4n) is 0.615. The molecule has 0 aromatic heterocycles. The minimum absolute atomic E-state index is 0.159. The van der Waals surface area contributed by atoms with E-state index in [0.717, 1.165) is 6.42 Å². The lowest BCUT2D eigenvalue weighted by Gasteiger charge is -2.07. The summed E-state index contributed by atoms with van der Waals surface area (Å²) < 4.78 is 8.93. The highest BCUT2D eigenvalue weighted by molar-refractivity contribution is 5.88. The van der Waals surface area contributed by atoms with E-state index in [0.29, 0.717) is 0 Å². The number of ether oxygens (including phenoxy) is 2. The summed E-state index contributed by atoms with van der Waals surface area (Å²) in [5.74, 6) is -1.58. The highest BCUT2D eigenvalue weighted by atomic mass is 16.6. The van der Waals surface area contributed by atoms with Crippen LogP contribution in [0, 0.1) is 6.42 Å². The second-order valence-corrected chi connectivity index (χ2v) is 2.12. The number of esters is 2. The first kappa shape index (κ1) is 11.9. The molecule has 1 radical (unpaired) electrons. The second-order valence-electron chi connectivity index (χ2n) is 2.12. The molecule has 5 heteroatoms. The Bertz CT molecular complexity index is 177. The van der Waals surface area contributed by atoms with Gasteiger partial charge in [0.1, 0.15) is 6.42 Å². The minimum Gasteiger partial charge on any atom is -0.466 e. The maximum atomic E-state index is 10.8. The molecule has 0 spiro atoms. The van der Waals surface area contributed by atoms with Gasteiger partial charge in [-0.25, -0.2) is 4.79 Å². The summed E-state index contributed by atoms with van der Waals surface area (Å²) in [4.78, 5) is 21.5. The normalized spacial score (nSPS) is 11.9. The molecular formula is C8H13O5. The molecule has 0 aliphatic heterocycles. The van der Waals surface area contributed by atoms with Gasteiger partial charge in [0.25, 0.3) is 0 Å². The Hall–Kier alpha value is -1.10. The monoisotopic (exact) mass is 189 g/mol. The van der Waals surface area contributed by atoms with E-state index in [2.05, 4.69) is 9.47 Å². The van der Waals surface area contributed by atoms with Crippen LogP contribution in [0.2, 0.25) is 0 Å². The third-order valence-corrected chi connectivity index (χ3v) is 1.11. The van der Waals surface area contributed by atoms with Crippen LogP contribution in [0.3, 0.4) is 0 Å². The number of carbonyl (C=O) groups excluding carboxylic acids is 2. The predicted octanol–water partition coefficient (Wildman–Crippen LogP) is -0.322. The van der Waals surface area contributed by atoms with E-state index in [1.54, 1.807) is 13.8 Å². The van der Waals surface area contributed by atoms with Crippen molar-refractivity contribution in [3.63, 3.8) is 0 Å². The van der Waals surface area contributed by atoms with Gasteiger partial charge in [-0.3, -0.25) is 4.79 Å². The van der Waals surface area contributed by atoms with Crippen molar-refractivity contribution >= 4 is 11.9 Å². The van der Waals surface area contributed by atoms with Crippen LogP contribution in [0.5, 0.6) is 0 Å². The van der Waals surface area contributed by atoms with Crippen LogP contribution in [0.4, 0.5) is 0 Å². The van der Waals surface area contributed by atoms with Crippen molar-refractivity contribution in [3.05, 3.63) is 6.42 Å². The molecule has 5 nitrogen and oxygen atoms in total. The van der Waals surface area contributed by atoms with Gasteiger partial charge >= 0.3 is 11.9 Å². The molecule has 13 heavy (non-hydrogen) atoms. The van der Waals surface area contributed by atoms with E-state index in [1.807, 2.05) is 0 Å². The third-order valence-electron chi connectivity index (χ3n) is 1.11. The molecule has 0 saturated carbocycles. The molecule has 0 amide bonds. The molecule has 0 aromatic rings. The van der Waals surface area contributed by atoms with Gasteiger partial charge in [-0.05, 0) is 13.8 Å². The molecule has 1 atom stereocenters. The lowest BCUT2D eigenvalue weighted by atomic mass is 10.2. The largest absolute Gasteiger partial charge is 0.466 e. The Morgan fingerprint density at radius 1 is 1.31 bits per heavy atom. The molecule has 0 aliphatic rings. The third kappa shape index (κ3) is 5.19. The van der Waals surface area contributed by atoms with Crippen LogP contribution in [-0.2, 0) is 19.1 Å². The van der Waals surface area contributed by atoms with Crippen molar-refractivity contribution in [1.82, 2.24) is 0 Å². The van der Waals surface area contributed by atoms with Crippen LogP contribution >= 0.6 is 0 Å². The van der Waals surface area contributed by atoms with Crippen molar-refractivity contribution in [3.8, 4) is 0 Å². The molecule has 0 aliphatic carbocycles. The molecule has 0 fully saturated rings. The van der Waals surface area contributed by atoms with Crippen LogP contribution in [0.15, 0.2) is 0 Å². The molecular weight excluding hydrogens is 176 g/mol. The van der Waals surface area contributed by atoms with Crippen molar-refractivity contribution in [1.29, 1.82) is 0 Å². The molecule has 0 saturated heterocycles. The first-order chi connectivity index (χ1) is 6.11. The van der Waals surface area contributed by atoms with Gasteiger partial charge in [0.15, 0.2) is 6.10 Å². The van der Waals surface area contributed by atoms with Gasteiger partial charge in [-0.15, -0.1) is 0 Å². The molecule has 1 N–H and O–H groups in total. The quantitative estimate of drug-likeness (QED) is 0.600. The molecule has 0 heterocycles. The maximum absolute atomic E-state index is 10.8. The number of aliphatic hydroxyl groups is 1. The number of aliphatic hydroxyl groups excluding tert-OH is 1. The van der Waals surface area contributed by atoms with Crippen LogP contribution in [-0.4, -0.2) is 36.4 Å². The molecule has 0 bridgehead atoms. The first-order valence-corrected chi connectivity index (χ1v) is 3.98. The van der Waals surface area contributed by atoms with E-state index in [9.17, 15) is 9.59 Å². The summed E-state index contributed by atoms with van der Waals surface area (Å²) in [5, 5.41) is 9.01. The summed E-state index contributed by atoms with van der Waals surface area (Å²) in [5.41, 5.74) is 0. The molecule has 0 aromatic carbocycles. The zero-order valence-electron chi connectivity index (χ0n) is 7.65. The molecule has 75 valence electrons. The molecule has 0 rings (SSSR count). The van der Waals surface area contributed by atoms with Crippen molar-refractivity contribution in [2.45, 2.75) is 20.0 Å². The molecule has 1 unspecified atom stereocenters. The highest BCUT2D eigenvalue weighted by Gasteiger charge is 2.21. The average Bonchev–Trinajstić information content (AvgIpc) is 2.05. The number of hydrogen-bond donors (Lipinski definition) is 1. The Morgan fingerprint density at radius 3 is 2.31 bits per heavy atom. The number of hydrogen-bond acceptors (Lipinski definition) is 5. The summed E-state index contributed by atoms with van der Waals surface area (Å²) >= 11 is 0. The lowest BCUT2D eigenvalue weighted by molar-refractivity contribution is -0.154. The summed E-state index contributed by atoms with van der Waals surface area (Å²) in [6.07, 6.45) is -0.777. The van der Waals surface area contributed by atoms with Crippen molar-refractivity contribution in [2.24, 2.45) is 0 Å². The fraction of sp³-hybridized carbons (Fsp3) is 0.625. The van der Waals surface area contributed by atoms with E-state index in [4.69, 9.17) is 5.11 Å². The van der Waals surface area contributed by atoms with Crippen LogP contribution in [0.25, 0.3) is 0 Å². The Kier molecular flexibility index (Phi) is 5.88. The van der Waals surface area contributed by atoms with Crippen LogP contribution in [0.1, 0.15) is 13.8 Å². The van der Waals surface area contributed by atoms with Gasteiger partial charge in [0.2, 0.25) is 0 Å². The maximum Gasteiger partial charge on any atom is 0.335 e. The van der Waals surface area contributed by atoms with Gasteiger partial charge in [0, 0.05) is 0 Å². The Labute approximate surface area is 76.6 Å². The summed E-state index contributed by atoms with van der Waals surface area (Å²) in [6, 6.07) is 0. The lowest BCUT2D eigenvalue weighted by Crippen LogP contribution is -2.27. The van der Waals surface area contributed by atoms with Gasteiger partial charge in [-0.1, -0.05) is 0 Å².